The molecular weight excluding hydrogens is 829 g/mol. The average molecular weight is 919 g/mol. The normalized spacial score (nSPS) is 19.4. The van der Waals surface area contributed by atoms with E-state index in [1.807, 2.05) is 0 Å². The van der Waals surface area contributed by atoms with Crippen molar-refractivity contribution in [3.63, 3.8) is 0 Å². The Kier molecular flexibility index (Phi) is 38.6. The molecule has 65 heavy (non-hydrogen) atoms. The Bertz CT molecular complexity index is 1330. The first kappa shape index (κ1) is 59.7. The topological polar surface area (TPSA) is 175 Å². The van der Waals surface area contributed by atoms with Gasteiger partial charge in [0.15, 0.2) is 24.6 Å². The number of rotatable bonds is 42. The van der Waals surface area contributed by atoms with Crippen molar-refractivity contribution in [2.45, 2.75) is 250 Å². The Morgan fingerprint density at radius 3 is 1.55 bits per heavy atom. The van der Waals surface area contributed by atoms with Gasteiger partial charge in [-0.3, -0.25) is 14.4 Å². The van der Waals surface area contributed by atoms with E-state index in [0.29, 0.717) is 19.3 Å². The molecule has 1 fully saturated rings. The van der Waals surface area contributed by atoms with E-state index in [1.165, 1.54) is 51.4 Å². The van der Waals surface area contributed by atoms with Crippen molar-refractivity contribution in [1.82, 2.24) is 0 Å². The molecule has 0 aliphatic carbocycles. The first-order valence-corrected chi connectivity index (χ1v) is 25.6. The Morgan fingerprint density at radius 2 is 0.985 bits per heavy atom. The summed E-state index contributed by atoms with van der Waals surface area (Å²) in [5.74, 6) is -3.17. The molecule has 1 aliphatic heterocycles. The molecule has 1 aliphatic rings. The van der Waals surface area contributed by atoms with E-state index in [4.69, 9.17) is 23.7 Å². The van der Waals surface area contributed by atoms with Crippen LogP contribution in [-0.4, -0.2) is 89.2 Å². The number of allylic oxidation sites excluding steroid dienone is 8. The molecule has 1 heterocycles. The van der Waals surface area contributed by atoms with Gasteiger partial charge < -0.3 is 39.0 Å². The molecule has 0 spiro atoms. The summed E-state index contributed by atoms with van der Waals surface area (Å²) in [6.07, 6.45) is 35.4. The summed E-state index contributed by atoms with van der Waals surface area (Å²) in [5.41, 5.74) is 0. The second-order valence-corrected chi connectivity index (χ2v) is 17.4. The number of carbonyl (C=O) groups is 4. The Balaban J connectivity index is 2.77. The summed E-state index contributed by atoms with van der Waals surface area (Å²) in [6.45, 7) is 5.76. The number of hydrogen-bond acceptors (Lipinski definition) is 11. The van der Waals surface area contributed by atoms with Crippen molar-refractivity contribution < 1.29 is 58.2 Å². The number of carboxylic acid groups (broad SMARTS) is 1. The minimum absolute atomic E-state index is 0.0589. The molecular formula is C53H90O12. The van der Waals surface area contributed by atoms with Gasteiger partial charge in [0, 0.05) is 19.3 Å². The lowest BCUT2D eigenvalue weighted by Crippen LogP contribution is -2.61. The number of aliphatic hydroxyl groups excluding tert-OH is 2. The highest BCUT2D eigenvalue weighted by atomic mass is 16.7. The van der Waals surface area contributed by atoms with Crippen LogP contribution in [0.3, 0.4) is 0 Å². The molecule has 374 valence electrons. The lowest BCUT2D eigenvalue weighted by atomic mass is 9.98. The van der Waals surface area contributed by atoms with E-state index in [9.17, 15) is 34.5 Å². The van der Waals surface area contributed by atoms with Crippen LogP contribution < -0.4 is 0 Å². The molecule has 6 atom stereocenters. The lowest BCUT2D eigenvalue weighted by molar-refractivity contribution is -0.301. The number of unbranched alkanes of at least 4 members (excludes halogenated alkanes) is 20. The highest BCUT2D eigenvalue weighted by Gasteiger charge is 2.50. The van der Waals surface area contributed by atoms with Gasteiger partial charge in [-0.25, -0.2) is 4.79 Å². The molecule has 12 heteroatoms. The molecule has 0 bridgehead atoms. The highest BCUT2D eigenvalue weighted by molar-refractivity contribution is 5.74. The van der Waals surface area contributed by atoms with Crippen molar-refractivity contribution in [1.29, 1.82) is 0 Å². The first-order chi connectivity index (χ1) is 31.6. The van der Waals surface area contributed by atoms with Gasteiger partial charge in [0.2, 0.25) is 0 Å². The van der Waals surface area contributed by atoms with Gasteiger partial charge in [-0.2, -0.15) is 0 Å². The summed E-state index contributed by atoms with van der Waals surface area (Å²) in [7, 11) is 0. The van der Waals surface area contributed by atoms with Crippen LogP contribution in [0.2, 0.25) is 0 Å². The molecule has 0 aromatic rings. The average Bonchev–Trinajstić information content (AvgIpc) is 3.29. The largest absolute Gasteiger partial charge is 0.479 e. The Hall–Kier alpha value is -3.32. The predicted octanol–water partition coefficient (Wildman–Crippen LogP) is 11.9. The summed E-state index contributed by atoms with van der Waals surface area (Å²) >= 11 is 0. The second-order valence-electron chi connectivity index (χ2n) is 17.4. The van der Waals surface area contributed by atoms with Crippen LogP contribution in [0.5, 0.6) is 0 Å². The summed E-state index contributed by atoms with van der Waals surface area (Å²) < 4.78 is 28.2. The molecule has 0 aromatic carbocycles. The monoisotopic (exact) mass is 919 g/mol. The van der Waals surface area contributed by atoms with Crippen LogP contribution in [0.15, 0.2) is 48.6 Å². The maximum absolute atomic E-state index is 13.0. The van der Waals surface area contributed by atoms with E-state index >= 15 is 0 Å². The second kappa shape index (κ2) is 42.1. The summed E-state index contributed by atoms with van der Waals surface area (Å²) in [4.78, 5) is 50.7. The smallest absolute Gasteiger partial charge is 0.335 e. The number of aliphatic hydroxyl groups is 2. The fourth-order valence-electron chi connectivity index (χ4n) is 7.42. The quantitative estimate of drug-likeness (QED) is 0.0229. The molecule has 1 rings (SSSR count). The third kappa shape index (κ3) is 32.9. The zero-order chi connectivity index (χ0) is 47.6. The molecule has 0 saturated carbocycles. The van der Waals surface area contributed by atoms with E-state index in [1.54, 1.807) is 0 Å². The number of carboxylic acids is 1. The van der Waals surface area contributed by atoms with Crippen LogP contribution in [-0.2, 0) is 42.9 Å². The van der Waals surface area contributed by atoms with Gasteiger partial charge in [0.1, 0.15) is 18.8 Å². The third-order valence-corrected chi connectivity index (χ3v) is 11.4. The molecule has 3 N–H and O–H groups in total. The van der Waals surface area contributed by atoms with E-state index in [-0.39, 0.29) is 25.9 Å². The third-order valence-electron chi connectivity index (χ3n) is 11.4. The summed E-state index contributed by atoms with van der Waals surface area (Å²) in [5, 5.41) is 31.3. The number of ether oxygens (including phenoxy) is 5. The van der Waals surface area contributed by atoms with Gasteiger partial charge in [0.25, 0.3) is 0 Å². The molecule has 0 aromatic heterocycles. The molecule has 0 amide bonds. The zero-order valence-electron chi connectivity index (χ0n) is 40.7. The fourth-order valence-corrected chi connectivity index (χ4v) is 7.42. The number of aliphatic carboxylic acids is 1. The van der Waals surface area contributed by atoms with Gasteiger partial charge >= 0.3 is 23.9 Å². The number of esters is 3. The van der Waals surface area contributed by atoms with E-state index < -0.39 is 67.3 Å². The number of hydrogen-bond donors (Lipinski definition) is 3. The fraction of sp³-hybridized carbons (Fsp3) is 0.774. The van der Waals surface area contributed by atoms with E-state index in [0.717, 1.165) is 103 Å². The minimum Gasteiger partial charge on any atom is -0.479 e. The SMILES string of the molecule is CC/C=C\C/C=C\C/C=C\CCCCCC(=O)OCC(COC1OC(C(=O)O)C(O)C(O)C1OC(=O)CCCCCCCCCCCCC)OC(=O)CCCCCCC/C=C\CCCC. The van der Waals surface area contributed by atoms with Crippen molar-refractivity contribution in [3.8, 4) is 0 Å². The lowest BCUT2D eigenvalue weighted by Gasteiger charge is -2.40. The Morgan fingerprint density at radius 1 is 0.523 bits per heavy atom. The van der Waals surface area contributed by atoms with Crippen LogP contribution in [0.4, 0.5) is 0 Å². The molecule has 6 unspecified atom stereocenters. The van der Waals surface area contributed by atoms with Crippen molar-refractivity contribution in [2.24, 2.45) is 0 Å². The van der Waals surface area contributed by atoms with Crippen molar-refractivity contribution in [3.05, 3.63) is 48.6 Å². The van der Waals surface area contributed by atoms with Crippen molar-refractivity contribution in [2.75, 3.05) is 13.2 Å². The number of carbonyl (C=O) groups excluding carboxylic acids is 3. The predicted molar refractivity (Wildman–Crippen MR) is 257 cm³/mol. The van der Waals surface area contributed by atoms with Gasteiger partial charge in [-0.15, -0.1) is 0 Å². The van der Waals surface area contributed by atoms with Gasteiger partial charge in [-0.05, 0) is 70.6 Å². The van der Waals surface area contributed by atoms with Crippen LogP contribution in [0.1, 0.15) is 213 Å². The highest BCUT2D eigenvalue weighted by Crippen LogP contribution is 2.26. The molecule has 0 radical (unpaired) electrons. The van der Waals surface area contributed by atoms with Crippen molar-refractivity contribution >= 4 is 23.9 Å². The maximum atomic E-state index is 13.0. The summed E-state index contributed by atoms with van der Waals surface area (Å²) in [6, 6.07) is 0. The van der Waals surface area contributed by atoms with Crippen LogP contribution >= 0.6 is 0 Å². The Labute approximate surface area is 393 Å². The van der Waals surface area contributed by atoms with Crippen LogP contribution in [0, 0.1) is 0 Å². The maximum Gasteiger partial charge on any atom is 0.335 e. The standard InChI is InChI=1S/C53H90O12/c1-4-7-10-13-16-19-22-23-26-27-30-33-36-39-45(54)61-42-44(63-46(55)40-37-34-31-28-24-20-17-14-11-8-5-2)43-62-53-51(49(58)48(57)50(65-53)52(59)60)64-47(56)41-38-35-32-29-25-21-18-15-12-9-6-3/h7,10,14,16-17,19,23,26,44,48-51,53,57-58H,4-6,8-9,11-13,15,18,20-22,24-25,27-43H2,1-3H3,(H,59,60)/b10-7-,17-14-,19-16-,26-23-. The van der Waals surface area contributed by atoms with E-state index in [2.05, 4.69) is 69.4 Å². The zero-order valence-corrected chi connectivity index (χ0v) is 40.7. The van der Waals surface area contributed by atoms with Crippen LogP contribution in [0.25, 0.3) is 0 Å². The van der Waals surface area contributed by atoms with Gasteiger partial charge in [-0.1, -0.05) is 172 Å². The molecule has 12 nitrogen and oxygen atoms in total. The minimum atomic E-state index is -1.90. The molecule has 1 saturated heterocycles. The first-order valence-electron chi connectivity index (χ1n) is 25.6. The van der Waals surface area contributed by atoms with Gasteiger partial charge in [0.05, 0.1) is 6.61 Å².